The molecule has 0 saturated carbocycles. The van der Waals surface area contributed by atoms with Crippen molar-refractivity contribution in [2.45, 2.75) is 37.3 Å². The summed E-state index contributed by atoms with van der Waals surface area (Å²) in [6.07, 6.45) is -3.53. The summed E-state index contributed by atoms with van der Waals surface area (Å²) in [7, 11) is 0. The maximum Gasteiger partial charge on any atom is 0.434 e. The van der Waals surface area contributed by atoms with Crippen LogP contribution in [0.3, 0.4) is 0 Å². The van der Waals surface area contributed by atoms with E-state index in [1.165, 1.54) is 0 Å². The fraction of sp³-hybridized carbons (Fsp3) is 0.600. The third kappa shape index (κ3) is 5.42. The van der Waals surface area contributed by atoms with Gasteiger partial charge in [0.25, 0.3) is 0 Å². The van der Waals surface area contributed by atoms with Crippen molar-refractivity contribution in [2.24, 2.45) is 5.92 Å². The summed E-state index contributed by atoms with van der Waals surface area (Å²) in [5.74, 6) is 1.33. The van der Waals surface area contributed by atoms with Crippen LogP contribution in [0, 0.1) is 5.92 Å². The highest BCUT2D eigenvalue weighted by molar-refractivity contribution is 5.47. The zero-order valence-corrected chi connectivity index (χ0v) is 17.7. The summed E-state index contributed by atoms with van der Waals surface area (Å²) in [6.45, 7) is 1.98. The molecule has 4 rings (SSSR count). The lowest BCUT2D eigenvalue weighted by Gasteiger charge is -2.40. The Bertz CT molecular complexity index is 926. The van der Waals surface area contributed by atoms with Gasteiger partial charge in [0.15, 0.2) is 17.3 Å². The fourth-order valence-electron chi connectivity index (χ4n) is 4.10. The molecule has 2 aliphatic heterocycles. The van der Waals surface area contributed by atoms with Gasteiger partial charge in [-0.2, -0.15) is 13.2 Å². The number of hydrogen-bond donors (Lipinski definition) is 4. The molecule has 0 bridgehead atoms. The van der Waals surface area contributed by atoms with Crippen LogP contribution >= 0.6 is 0 Å². The van der Waals surface area contributed by atoms with Crippen molar-refractivity contribution < 1.29 is 28.5 Å². The third-order valence-electron chi connectivity index (χ3n) is 6.05. The van der Waals surface area contributed by atoms with E-state index >= 15 is 0 Å². The lowest BCUT2D eigenvalue weighted by molar-refractivity contribution is -0.141. The Hall–Kier alpha value is -2.77. The summed E-state index contributed by atoms with van der Waals surface area (Å²) in [4.78, 5) is 10.9. The largest absolute Gasteiger partial charge is 0.434 e. The van der Waals surface area contributed by atoms with Gasteiger partial charge in [0.1, 0.15) is 11.9 Å². The topological polar surface area (TPSA) is 131 Å². The van der Waals surface area contributed by atoms with Crippen molar-refractivity contribution in [3.8, 4) is 0 Å². The summed E-state index contributed by atoms with van der Waals surface area (Å²) >= 11 is 0. The molecule has 4 heterocycles. The molecule has 2 aromatic heterocycles. The van der Waals surface area contributed by atoms with E-state index < -0.39 is 30.1 Å². The number of rotatable bonds is 5. The predicted molar refractivity (Wildman–Crippen MR) is 113 cm³/mol. The highest BCUT2D eigenvalue weighted by Gasteiger charge is 2.37. The zero-order valence-electron chi connectivity index (χ0n) is 17.7. The summed E-state index contributed by atoms with van der Waals surface area (Å²) in [5.41, 5.74) is -1.15. The summed E-state index contributed by atoms with van der Waals surface area (Å²) in [5, 5.41) is 41.3. The molecule has 0 spiro atoms. The Morgan fingerprint density at radius 3 is 2.27 bits per heavy atom. The normalized spacial score (nSPS) is 24.7. The van der Waals surface area contributed by atoms with Crippen LogP contribution in [0.25, 0.3) is 0 Å². The number of aromatic nitrogens is 4. The van der Waals surface area contributed by atoms with Crippen LogP contribution in [-0.4, -0.2) is 86.5 Å². The van der Waals surface area contributed by atoms with Crippen LogP contribution in [0.4, 0.5) is 30.6 Å². The van der Waals surface area contributed by atoms with Crippen molar-refractivity contribution in [2.75, 3.05) is 47.9 Å². The number of piperidine rings is 2. The fourth-order valence-corrected chi connectivity index (χ4v) is 4.10. The van der Waals surface area contributed by atoms with Gasteiger partial charge >= 0.3 is 6.18 Å². The second-order valence-electron chi connectivity index (χ2n) is 8.36. The first kappa shape index (κ1) is 23.4. The lowest BCUT2D eigenvalue weighted by Crippen LogP contribution is -2.58. The van der Waals surface area contributed by atoms with E-state index in [1.807, 2.05) is 6.07 Å². The smallest absolute Gasteiger partial charge is 0.396 e. The average Bonchev–Trinajstić information content (AvgIpc) is 2.82. The number of aliphatic hydroxyl groups excluding tert-OH is 3. The van der Waals surface area contributed by atoms with Gasteiger partial charge in [0.2, 0.25) is 0 Å². The van der Waals surface area contributed by atoms with Crippen molar-refractivity contribution in [3.63, 3.8) is 0 Å². The van der Waals surface area contributed by atoms with Crippen LogP contribution in [0.15, 0.2) is 24.5 Å². The van der Waals surface area contributed by atoms with E-state index in [0.717, 1.165) is 32.1 Å². The van der Waals surface area contributed by atoms with Crippen molar-refractivity contribution in [3.05, 3.63) is 30.2 Å². The highest BCUT2D eigenvalue weighted by Crippen LogP contribution is 2.28. The first-order valence-electron chi connectivity index (χ1n) is 10.7. The molecule has 3 atom stereocenters. The second kappa shape index (κ2) is 9.61. The molecule has 33 heavy (non-hydrogen) atoms. The van der Waals surface area contributed by atoms with Gasteiger partial charge in [-0.1, -0.05) is 0 Å². The molecule has 0 aromatic carbocycles. The van der Waals surface area contributed by atoms with Crippen molar-refractivity contribution in [1.29, 1.82) is 0 Å². The van der Waals surface area contributed by atoms with Gasteiger partial charge in [-0.3, -0.25) is 4.98 Å². The van der Waals surface area contributed by atoms with E-state index in [4.69, 9.17) is 0 Å². The minimum atomic E-state index is -4.65. The Morgan fingerprint density at radius 1 is 1.00 bits per heavy atom. The van der Waals surface area contributed by atoms with E-state index in [1.54, 1.807) is 11.0 Å². The van der Waals surface area contributed by atoms with Gasteiger partial charge in [0, 0.05) is 32.8 Å². The van der Waals surface area contributed by atoms with E-state index in [0.29, 0.717) is 23.8 Å². The number of hydrogen-bond acceptors (Lipinski definition) is 10. The first-order chi connectivity index (χ1) is 15.7. The Labute approximate surface area is 188 Å². The maximum absolute atomic E-state index is 12.9. The van der Waals surface area contributed by atoms with Crippen LogP contribution in [-0.2, 0) is 6.18 Å². The van der Waals surface area contributed by atoms with Crippen molar-refractivity contribution in [1.82, 2.24) is 20.2 Å². The van der Waals surface area contributed by atoms with Gasteiger partial charge in [-0.15, -0.1) is 10.2 Å². The lowest BCUT2D eigenvalue weighted by atomic mass is 9.98. The van der Waals surface area contributed by atoms with Crippen LogP contribution in [0.5, 0.6) is 0 Å². The number of nitrogens with one attached hydrogen (secondary N) is 1. The van der Waals surface area contributed by atoms with E-state index in [-0.39, 0.29) is 25.5 Å². The maximum atomic E-state index is 12.9. The Kier molecular flexibility index (Phi) is 6.81. The average molecular weight is 469 g/mol. The molecule has 0 radical (unpaired) electrons. The second-order valence-corrected chi connectivity index (χ2v) is 8.36. The predicted octanol–water partition coefficient (Wildman–Crippen LogP) is 0.517. The molecule has 4 N–H and O–H groups in total. The SMILES string of the molecule is OCC1CCN(c2ccc(N3C[C@H](Nc4cncc(C(F)(F)F)n4)[C@@H](O)[C@@H](O)C3)nn2)CC1. The first-order valence-corrected chi connectivity index (χ1v) is 10.7. The summed E-state index contributed by atoms with van der Waals surface area (Å²) in [6, 6.07) is 2.76. The van der Waals surface area contributed by atoms with E-state index in [9.17, 15) is 28.5 Å². The molecular formula is C20H26F3N7O3. The highest BCUT2D eigenvalue weighted by atomic mass is 19.4. The molecule has 2 fully saturated rings. The zero-order chi connectivity index (χ0) is 23.6. The van der Waals surface area contributed by atoms with Crippen LogP contribution in [0.2, 0.25) is 0 Å². The monoisotopic (exact) mass is 469 g/mol. The van der Waals surface area contributed by atoms with Gasteiger partial charge in [0.05, 0.1) is 24.5 Å². The molecule has 2 aromatic rings. The number of anilines is 3. The minimum absolute atomic E-state index is 0.0868. The molecule has 2 aliphatic rings. The van der Waals surface area contributed by atoms with Crippen LogP contribution in [0.1, 0.15) is 18.5 Å². The van der Waals surface area contributed by atoms with Gasteiger partial charge in [-0.05, 0) is 30.9 Å². The van der Waals surface area contributed by atoms with Crippen LogP contribution < -0.4 is 15.1 Å². The quantitative estimate of drug-likeness (QED) is 0.492. The van der Waals surface area contributed by atoms with Crippen molar-refractivity contribution >= 4 is 17.5 Å². The van der Waals surface area contributed by atoms with Gasteiger partial charge in [-0.25, -0.2) is 4.98 Å². The molecule has 10 nitrogen and oxygen atoms in total. The Morgan fingerprint density at radius 2 is 1.67 bits per heavy atom. The standard InChI is InChI=1S/C20H26F3N7O3/c21-20(22,23)15-7-24-8-16(26-15)25-13-9-30(10-14(32)19(13)33)18-2-1-17(27-28-18)29-5-3-12(11-31)4-6-29/h1-2,7-8,12-14,19,31-33H,3-6,9-11H2,(H,25,26)/t13-,14-,19+/m0/s1. The van der Waals surface area contributed by atoms with E-state index in [2.05, 4.69) is 30.4 Å². The Balaban J connectivity index is 1.44. The number of alkyl halides is 3. The van der Waals surface area contributed by atoms with Gasteiger partial charge < -0.3 is 30.4 Å². The summed E-state index contributed by atoms with van der Waals surface area (Å²) < 4.78 is 38.7. The minimum Gasteiger partial charge on any atom is -0.396 e. The number of halogens is 3. The third-order valence-corrected chi connectivity index (χ3v) is 6.05. The molecule has 180 valence electrons. The molecule has 0 unspecified atom stereocenters. The number of nitrogens with zero attached hydrogens (tertiary/aromatic N) is 6. The number of aliphatic hydroxyl groups is 3. The molecular weight excluding hydrogens is 443 g/mol. The number of β-amino-alcohol motifs (C(OH)–C–C–N with tert-alkyl or cyclic N) is 1. The molecule has 0 aliphatic carbocycles. The molecule has 13 heteroatoms. The molecule has 0 amide bonds. The molecule has 2 saturated heterocycles.